The molecule has 0 atom stereocenters. The first-order chi connectivity index (χ1) is 14.2. The highest BCUT2D eigenvalue weighted by molar-refractivity contribution is 7.99. The number of amides is 1. The van der Waals surface area contributed by atoms with E-state index in [0.29, 0.717) is 5.75 Å². The summed E-state index contributed by atoms with van der Waals surface area (Å²) < 4.78 is 6.45. The maximum atomic E-state index is 12.7. The van der Waals surface area contributed by atoms with Gasteiger partial charge < -0.3 is 14.5 Å². The van der Waals surface area contributed by atoms with Crippen molar-refractivity contribution in [2.75, 3.05) is 43.9 Å². The number of rotatable bonds is 6. The fraction of sp³-hybridized carbons (Fsp3) is 0.364. The van der Waals surface area contributed by atoms with Gasteiger partial charge in [0.1, 0.15) is 10.8 Å². The highest BCUT2D eigenvalue weighted by Crippen LogP contribution is 2.25. The van der Waals surface area contributed by atoms with Crippen molar-refractivity contribution < 1.29 is 9.53 Å². The van der Waals surface area contributed by atoms with Gasteiger partial charge in [0, 0.05) is 37.6 Å². The van der Waals surface area contributed by atoms with E-state index in [2.05, 4.69) is 28.1 Å². The number of ether oxygens (including phenoxy) is 1. The Morgan fingerprint density at radius 2 is 1.93 bits per heavy atom. The van der Waals surface area contributed by atoms with Gasteiger partial charge in [-0.25, -0.2) is 4.98 Å². The number of carbonyl (C=O) groups excluding carboxylic acids is 1. The van der Waals surface area contributed by atoms with Gasteiger partial charge >= 0.3 is 0 Å². The zero-order valence-corrected chi connectivity index (χ0v) is 18.2. The molecule has 1 aliphatic rings. The summed E-state index contributed by atoms with van der Waals surface area (Å²) >= 11 is 3.38. The molecule has 3 aromatic rings. The molecular formula is C22H25N3O2S2. The molecule has 1 saturated heterocycles. The van der Waals surface area contributed by atoms with Crippen LogP contribution in [0.5, 0.6) is 5.75 Å². The number of anilines is 1. The molecule has 2 aromatic carbocycles. The number of hydrogen-bond donors (Lipinski definition) is 0. The number of carbonyl (C=O) groups is 1. The molecule has 7 heteroatoms. The van der Waals surface area contributed by atoms with E-state index < -0.39 is 0 Å². The molecule has 1 amide bonds. The summed E-state index contributed by atoms with van der Waals surface area (Å²) in [6.07, 6.45) is 0.986. The Balaban J connectivity index is 1.26. The minimum atomic E-state index is 0.229. The summed E-state index contributed by atoms with van der Waals surface area (Å²) in [5, 5.41) is 1.09. The van der Waals surface area contributed by atoms with Crippen molar-refractivity contribution in [3.05, 3.63) is 53.5 Å². The second-order valence-corrected chi connectivity index (χ2v) is 9.09. The van der Waals surface area contributed by atoms with Crippen LogP contribution in [-0.4, -0.2) is 54.8 Å². The van der Waals surface area contributed by atoms with Crippen LogP contribution in [0.25, 0.3) is 10.2 Å². The van der Waals surface area contributed by atoms with E-state index in [-0.39, 0.29) is 5.91 Å². The van der Waals surface area contributed by atoms with Crippen LogP contribution in [0.2, 0.25) is 0 Å². The van der Waals surface area contributed by atoms with Crippen molar-refractivity contribution in [3.63, 3.8) is 0 Å². The van der Waals surface area contributed by atoms with Crippen LogP contribution < -0.4 is 9.64 Å². The molecule has 0 N–H and O–H groups in total. The topological polar surface area (TPSA) is 45.7 Å². The predicted octanol–water partition coefficient (Wildman–Crippen LogP) is 4.28. The van der Waals surface area contributed by atoms with E-state index in [1.165, 1.54) is 10.4 Å². The molecular weight excluding hydrogens is 402 g/mol. The van der Waals surface area contributed by atoms with Gasteiger partial charge in [0.25, 0.3) is 0 Å². The van der Waals surface area contributed by atoms with Crippen LogP contribution in [0, 0.1) is 0 Å². The number of methoxy groups -OCH3 is 1. The number of fused-ring (bicyclic) bond motifs is 1. The van der Waals surface area contributed by atoms with Crippen LogP contribution in [0.15, 0.2) is 48.5 Å². The van der Waals surface area contributed by atoms with Crippen molar-refractivity contribution in [3.8, 4) is 5.75 Å². The van der Waals surface area contributed by atoms with E-state index in [1.807, 2.05) is 35.2 Å². The monoisotopic (exact) mass is 427 g/mol. The Morgan fingerprint density at radius 3 is 2.72 bits per heavy atom. The average Bonchev–Trinajstić information content (AvgIpc) is 3.00. The Bertz CT molecular complexity index is 925. The van der Waals surface area contributed by atoms with Crippen molar-refractivity contribution in [2.24, 2.45) is 0 Å². The lowest BCUT2D eigenvalue weighted by molar-refractivity contribution is -0.128. The SMILES string of the molecule is COc1ccc(N2CCCN(C(=O)CSCc3nc4ccccc4s3)CC2)cc1. The number of para-hydroxylation sites is 1. The molecule has 1 fully saturated rings. The second-order valence-electron chi connectivity index (χ2n) is 6.99. The van der Waals surface area contributed by atoms with Crippen LogP contribution in [-0.2, 0) is 10.5 Å². The molecule has 0 aliphatic carbocycles. The lowest BCUT2D eigenvalue weighted by atomic mass is 10.2. The maximum absolute atomic E-state index is 12.7. The molecule has 152 valence electrons. The lowest BCUT2D eigenvalue weighted by Gasteiger charge is -2.24. The normalized spacial score (nSPS) is 14.8. The van der Waals surface area contributed by atoms with Crippen LogP contribution >= 0.6 is 23.1 Å². The van der Waals surface area contributed by atoms with Gasteiger partial charge in [-0.1, -0.05) is 12.1 Å². The Hall–Kier alpha value is -2.25. The quantitative estimate of drug-likeness (QED) is 0.588. The van der Waals surface area contributed by atoms with Gasteiger partial charge in [-0.2, -0.15) is 0 Å². The molecule has 1 aliphatic heterocycles. The standard InChI is InChI=1S/C22H25N3O2S2/c1-27-18-9-7-17(8-10-18)24-11-4-12-25(14-13-24)22(26)16-28-15-21-23-19-5-2-3-6-20(19)29-21/h2-3,5-10H,4,11-16H2,1H3. The van der Waals surface area contributed by atoms with Crippen LogP contribution in [0.1, 0.15) is 11.4 Å². The first-order valence-corrected chi connectivity index (χ1v) is 11.8. The summed E-state index contributed by atoms with van der Waals surface area (Å²) in [5.41, 5.74) is 2.23. The number of nitrogens with zero attached hydrogens (tertiary/aromatic N) is 3. The van der Waals surface area contributed by atoms with Gasteiger partial charge in [-0.15, -0.1) is 23.1 Å². The average molecular weight is 428 g/mol. The zero-order chi connectivity index (χ0) is 20.1. The van der Waals surface area contributed by atoms with Crippen molar-refractivity contribution in [1.82, 2.24) is 9.88 Å². The van der Waals surface area contributed by atoms with Crippen molar-refractivity contribution in [2.45, 2.75) is 12.2 Å². The molecule has 0 radical (unpaired) electrons. The maximum Gasteiger partial charge on any atom is 0.232 e. The number of thioether (sulfide) groups is 1. The molecule has 0 unspecified atom stereocenters. The number of thiazole rings is 1. The van der Waals surface area contributed by atoms with Crippen molar-refractivity contribution in [1.29, 1.82) is 0 Å². The zero-order valence-electron chi connectivity index (χ0n) is 16.5. The highest BCUT2D eigenvalue weighted by atomic mass is 32.2. The molecule has 0 bridgehead atoms. The van der Waals surface area contributed by atoms with E-state index in [0.717, 1.165) is 54.6 Å². The molecule has 1 aromatic heterocycles. The van der Waals surface area contributed by atoms with Gasteiger partial charge in [0.05, 0.1) is 23.1 Å². The minimum absolute atomic E-state index is 0.229. The summed E-state index contributed by atoms with van der Waals surface area (Å²) in [5.74, 6) is 2.40. The highest BCUT2D eigenvalue weighted by Gasteiger charge is 2.19. The van der Waals surface area contributed by atoms with Crippen LogP contribution in [0.4, 0.5) is 5.69 Å². The number of aromatic nitrogens is 1. The molecule has 29 heavy (non-hydrogen) atoms. The third kappa shape index (κ3) is 5.03. The van der Waals surface area contributed by atoms with Crippen molar-refractivity contribution >= 4 is 44.9 Å². The molecule has 4 rings (SSSR count). The fourth-order valence-electron chi connectivity index (χ4n) is 3.52. The van der Waals surface area contributed by atoms with E-state index in [1.54, 1.807) is 30.2 Å². The fourth-order valence-corrected chi connectivity index (χ4v) is 5.46. The number of benzene rings is 2. The molecule has 2 heterocycles. The third-order valence-electron chi connectivity index (χ3n) is 5.08. The van der Waals surface area contributed by atoms with Gasteiger partial charge in [0.2, 0.25) is 5.91 Å². The predicted molar refractivity (Wildman–Crippen MR) is 122 cm³/mol. The second kappa shape index (κ2) is 9.50. The van der Waals surface area contributed by atoms with Gasteiger partial charge in [0.15, 0.2) is 0 Å². The van der Waals surface area contributed by atoms with E-state index in [4.69, 9.17) is 4.74 Å². The largest absolute Gasteiger partial charge is 0.497 e. The van der Waals surface area contributed by atoms with Gasteiger partial charge in [-0.3, -0.25) is 4.79 Å². The molecule has 0 spiro atoms. The minimum Gasteiger partial charge on any atom is -0.497 e. The Kier molecular flexibility index (Phi) is 6.56. The molecule has 5 nitrogen and oxygen atoms in total. The summed E-state index contributed by atoms with van der Waals surface area (Å²) in [6.45, 7) is 3.43. The summed E-state index contributed by atoms with van der Waals surface area (Å²) in [4.78, 5) is 21.7. The smallest absolute Gasteiger partial charge is 0.232 e. The molecule has 0 saturated carbocycles. The van der Waals surface area contributed by atoms with E-state index >= 15 is 0 Å². The van der Waals surface area contributed by atoms with Crippen LogP contribution in [0.3, 0.4) is 0 Å². The van der Waals surface area contributed by atoms with E-state index in [9.17, 15) is 4.79 Å². The Morgan fingerprint density at radius 1 is 1.10 bits per heavy atom. The summed E-state index contributed by atoms with van der Waals surface area (Å²) in [7, 11) is 1.68. The number of hydrogen-bond acceptors (Lipinski definition) is 6. The summed E-state index contributed by atoms with van der Waals surface area (Å²) in [6, 6.07) is 16.3. The third-order valence-corrected chi connectivity index (χ3v) is 7.22. The van der Waals surface area contributed by atoms with Gasteiger partial charge in [-0.05, 0) is 42.8 Å². The first kappa shape index (κ1) is 20.0. The Labute approximate surface area is 179 Å². The first-order valence-electron chi connectivity index (χ1n) is 9.82. The lowest BCUT2D eigenvalue weighted by Crippen LogP contribution is -2.36.